The van der Waals surface area contributed by atoms with Gasteiger partial charge in [-0.1, -0.05) is 13.8 Å². The molecule has 0 aromatic heterocycles. The lowest BCUT2D eigenvalue weighted by atomic mass is 10.1. The third-order valence-electron chi connectivity index (χ3n) is 3.19. The summed E-state index contributed by atoms with van der Waals surface area (Å²) in [6, 6.07) is 3.14. The number of hydrogen-bond acceptors (Lipinski definition) is 2. The van der Waals surface area contributed by atoms with Crippen molar-refractivity contribution in [3.63, 3.8) is 0 Å². The Kier molecular flexibility index (Phi) is 4.22. The largest absolute Gasteiger partial charge is 0.374 e. The molecule has 0 bridgehead atoms. The van der Waals surface area contributed by atoms with Crippen LogP contribution in [0.2, 0.25) is 0 Å². The van der Waals surface area contributed by atoms with Gasteiger partial charge in [0.05, 0.1) is 22.9 Å². The molecule has 0 N–H and O–H groups in total. The summed E-state index contributed by atoms with van der Waals surface area (Å²) in [5.74, 6) is -1.27. The van der Waals surface area contributed by atoms with E-state index in [0.717, 1.165) is 0 Å². The SMILES string of the molecule is CC(C)C1CN(c2ccc(Br)c(F)c2F)CCO1. The first kappa shape index (κ1) is 13.7. The minimum Gasteiger partial charge on any atom is -0.374 e. The van der Waals surface area contributed by atoms with Gasteiger partial charge >= 0.3 is 0 Å². The minimum atomic E-state index is -0.833. The van der Waals surface area contributed by atoms with Crippen molar-refractivity contribution < 1.29 is 13.5 Å². The van der Waals surface area contributed by atoms with E-state index in [2.05, 4.69) is 29.8 Å². The van der Waals surface area contributed by atoms with Gasteiger partial charge in [0, 0.05) is 13.1 Å². The molecule has 1 fully saturated rings. The van der Waals surface area contributed by atoms with Gasteiger partial charge in [0.2, 0.25) is 0 Å². The van der Waals surface area contributed by atoms with Gasteiger partial charge in [-0.2, -0.15) is 0 Å². The summed E-state index contributed by atoms with van der Waals surface area (Å²) >= 11 is 2.98. The van der Waals surface area contributed by atoms with E-state index in [9.17, 15) is 8.78 Å². The Hall–Kier alpha value is -0.680. The highest BCUT2D eigenvalue weighted by Gasteiger charge is 2.26. The van der Waals surface area contributed by atoms with Gasteiger partial charge in [0.15, 0.2) is 11.6 Å². The molecule has 1 aromatic carbocycles. The molecule has 0 amide bonds. The van der Waals surface area contributed by atoms with Crippen LogP contribution >= 0.6 is 15.9 Å². The van der Waals surface area contributed by atoms with Crippen molar-refractivity contribution in [3.8, 4) is 0 Å². The van der Waals surface area contributed by atoms with Gasteiger partial charge in [-0.25, -0.2) is 8.78 Å². The fourth-order valence-electron chi connectivity index (χ4n) is 2.06. The molecule has 0 spiro atoms. The quantitative estimate of drug-likeness (QED) is 0.772. The standard InChI is InChI=1S/C13H16BrF2NO/c1-8(2)11-7-17(5-6-18-11)10-4-3-9(14)12(15)13(10)16/h3-4,8,11H,5-7H2,1-2H3. The molecule has 18 heavy (non-hydrogen) atoms. The Morgan fingerprint density at radius 3 is 2.72 bits per heavy atom. The smallest absolute Gasteiger partial charge is 0.183 e. The highest BCUT2D eigenvalue weighted by Crippen LogP contribution is 2.29. The Morgan fingerprint density at radius 2 is 2.06 bits per heavy atom. The second-order valence-electron chi connectivity index (χ2n) is 4.79. The van der Waals surface area contributed by atoms with E-state index in [4.69, 9.17) is 4.74 Å². The van der Waals surface area contributed by atoms with Crippen LogP contribution in [0.4, 0.5) is 14.5 Å². The van der Waals surface area contributed by atoms with Crippen LogP contribution in [0.5, 0.6) is 0 Å². The fourth-order valence-corrected chi connectivity index (χ4v) is 2.36. The van der Waals surface area contributed by atoms with E-state index >= 15 is 0 Å². The average Bonchev–Trinajstić information content (AvgIpc) is 2.36. The third-order valence-corrected chi connectivity index (χ3v) is 3.80. The van der Waals surface area contributed by atoms with Crippen LogP contribution in [0.1, 0.15) is 13.8 Å². The Bertz CT molecular complexity index is 439. The predicted molar refractivity (Wildman–Crippen MR) is 70.8 cm³/mol. The second-order valence-corrected chi connectivity index (χ2v) is 5.65. The van der Waals surface area contributed by atoms with E-state index in [1.165, 1.54) is 6.07 Å². The maximum absolute atomic E-state index is 13.9. The lowest BCUT2D eigenvalue weighted by molar-refractivity contribution is 0.0112. The first-order valence-corrected chi connectivity index (χ1v) is 6.80. The summed E-state index contributed by atoms with van der Waals surface area (Å²) in [5, 5.41) is 0. The summed E-state index contributed by atoms with van der Waals surface area (Å²) in [6.45, 7) is 5.84. The second kappa shape index (κ2) is 5.53. The van der Waals surface area contributed by atoms with Crippen LogP contribution in [0.25, 0.3) is 0 Å². The molecule has 1 aromatic rings. The number of hydrogen-bond donors (Lipinski definition) is 0. The van der Waals surface area contributed by atoms with Crippen LogP contribution < -0.4 is 4.90 Å². The Balaban J connectivity index is 2.24. The van der Waals surface area contributed by atoms with Crippen LogP contribution in [-0.2, 0) is 4.74 Å². The maximum atomic E-state index is 13.9. The molecule has 1 heterocycles. The van der Waals surface area contributed by atoms with Gasteiger partial charge in [-0.15, -0.1) is 0 Å². The molecule has 1 saturated heterocycles. The lowest BCUT2D eigenvalue weighted by Crippen LogP contribution is -2.45. The summed E-state index contributed by atoms with van der Waals surface area (Å²) in [7, 11) is 0. The number of anilines is 1. The van der Waals surface area contributed by atoms with Crippen molar-refractivity contribution in [1.29, 1.82) is 0 Å². The van der Waals surface area contributed by atoms with Crippen molar-refractivity contribution in [2.45, 2.75) is 20.0 Å². The summed E-state index contributed by atoms with van der Waals surface area (Å²) in [5.41, 5.74) is 0.310. The third kappa shape index (κ3) is 2.67. The van der Waals surface area contributed by atoms with E-state index in [1.54, 1.807) is 6.07 Å². The molecule has 1 aliphatic rings. The minimum absolute atomic E-state index is 0.0601. The van der Waals surface area contributed by atoms with Gasteiger partial charge in [-0.3, -0.25) is 0 Å². The molecule has 0 radical (unpaired) electrons. The van der Waals surface area contributed by atoms with E-state index in [1.807, 2.05) is 4.90 Å². The molecular weight excluding hydrogens is 304 g/mol. The van der Waals surface area contributed by atoms with Gasteiger partial charge in [-0.05, 0) is 34.0 Å². The van der Waals surface area contributed by atoms with E-state index in [0.29, 0.717) is 31.3 Å². The number of ether oxygens (including phenoxy) is 1. The zero-order chi connectivity index (χ0) is 13.3. The zero-order valence-corrected chi connectivity index (χ0v) is 12.0. The average molecular weight is 320 g/mol. The predicted octanol–water partition coefficient (Wildman–Crippen LogP) is 3.59. The van der Waals surface area contributed by atoms with Crippen molar-refractivity contribution >= 4 is 21.6 Å². The zero-order valence-electron chi connectivity index (χ0n) is 10.4. The van der Waals surface area contributed by atoms with E-state index < -0.39 is 11.6 Å². The first-order chi connectivity index (χ1) is 8.50. The fraction of sp³-hybridized carbons (Fsp3) is 0.538. The lowest BCUT2D eigenvalue weighted by Gasteiger charge is -2.36. The van der Waals surface area contributed by atoms with E-state index in [-0.39, 0.29) is 10.6 Å². The number of rotatable bonds is 2. The first-order valence-electron chi connectivity index (χ1n) is 6.00. The molecular formula is C13H16BrF2NO. The molecule has 1 unspecified atom stereocenters. The van der Waals surface area contributed by atoms with Crippen molar-refractivity contribution in [1.82, 2.24) is 0 Å². The number of nitrogens with zero attached hydrogens (tertiary/aromatic N) is 1. The van der Waals surface area contributed by atoms with Gasteiger partial charge < -0.3 is 9.64 Å². The molecule has 5 heteroatoms. The molecule has 2 nitrogen and oxygen atoms in total. The number of morpholine rings is 1. The van der Waals surface area contributed by atoms with Crippen LogP contribution in [0.3, 0.4) is 0 Å². The monoisotopic (exact) mass is 319 g/mol. The van der Waals surface area contributed by atoms with Gasteiger partial charge in [0.1, 0.15) is 0 Å². The maximum Gasteiger partial charge on any atom is 0.183 e. The van der Waals surface area contributed by atoms with Crippen LogP contribution in [0.15, 0.2) is 16.6 Å². The Morgan fingerprint density at radius 1 is 1.33 bits per heavy atom. The molecule has 2 rings (SSSR count). The number of benzene rings is 1. The highest BCUT2D eigenvalue weighted by molar-refractivity contribution is 9.10. The Labute approximate surface area is 114 Å². The van der Waals surface area contributed by atoms with Crippen molar-refractivity contribution in [3.05, 3.63) is 28.2 Å². The topological polar surface area (TPSA) is 12.5 Å². The summed E-state index contributed by atoms with van der Waals surface area (Å²) in [4.78, 5) is 1.85. The summed E-state index contributed by atoms with van der Waals surface area (Å²) < 4.78 is 33.2. The van der Waals surface area contributed by atoms with Gasteiger partial charge in [0.25, 0.3) is 0 Å². The van der Waals surface area contributed by atoms with Crippen LogP contribution in [0, 0.1) is 17.6 Å². The van der Waals surface area contributed by atoms with Crippen molar-refractivity contribution in [2.24, 2.45) is 5.92 Å². The molecule has 0 saturated carbocycles. The molecule has 0 aliphatic carbocycles. The molecule has 1 aliphatic heterocycles. The van der Waals surface area contributed by atoms with Crippen LogP contribution in [-0.4, -0.2) is 25.8 Å². The number of halogens is 3. The normalized spacial score (nSPS) is 20.6. The molecule has 100 valence electrons. The molecule has 1 atom stereocenters. The summed E-state index contributed by atoms with van der Waals surface area (Å²) in [6.07, 6.45) is 0.0601. The van der Waals surface area contributed by atoms with Crippen molar-refractivity contribution in [2.75, 3.05) is 24.6 Å². The highest BCUT2D eigenvalue weighted by atomic mass is 79.9.